The second-order valence-electron chi connectivity index (χ2n) is 15.5. The molecule has 2 aliphatic heterocycles. The summed E-state index contributed by atoms with van der Waals surface area (Å²) < 4.78 is 0. The molecule has 2 saturated heterocycles. The molecule has 0 aromatic heterocycles. The standard InChI is InChI=1S/C44H42O9/c1-20-10-9-17-29(30(20)24-19-18-22-11-3-4-12-23(22)21(24)2)31-25-13-5-7-15-27(25)32(28-16-8-6-14-26(28)31)33-36(45)41-34-35-43(52-50-41)39(48)38(47)40(49)44(35)53-51-42(34)37(33)46/h3-8,11-19,33-49H,9-10H2,1-2H3. The second kappa shape index (κ2) is 12.5. The SMILES string of the molecule is CC1=C(c2ccc3ccccc3c2C)C(c2c3ccccc3c(C3C(O)C4OOC5C(O)C(O)C(O)C6OOC(C3O)C4C56)c3ccccc23)=CCC1. The number of hydrogen-bond acceptors (Lipinski definition) is 9. The largest absolute Gasteiger partial charge is 0.390 e. The van der Waals surface area contributed by atoms with Crippen molar-refractivity contribution < 1.29 is 45.1 Å². The van der Waals surface area contributed by atoms with E-state index in [-0.39, 0.29) is 0 Å². The Kier molecular flexibility index (Phi) is 7.93. The summed E-state index contributed by atoms with van der Waals surface area (Å²) in [6.07, 6.45) is -6.84. The van der Waals surface area contributed by atoms with E-state index in [1.54, 1.807) is 0 Å². The zero-order chi connectivity index (χ0) is 36.3. The Labute approximate surface area is 306 Å². The van der Waals surface area contributed by atoms with Crippen molar-refractivity contribution in [1.82, 2.24) is 0 Å². The van der Waals surface area contributed by atoms with Gasteiger partial charge in [0.1, 0.15) is 42.7 Å². The zero-order valence-corrected chi connectivity index (χ0v) is 29.4. The molecule has 5 aromatic rings. The molecule has 2 saturated carbocycles. The molecular formula is C44H42O9. The van der Waals surface area contributed by atoms with E-state index in [0.29, 0.717) is 0 Å². The molecule has 2 heterocycles. The maximum absolute atomic E-state index is 12.3. The molecule has 9 heteroatoms. The summed E-state index contributed by atoms with van der Waals surface area (Å²) in [4.78, 5) is 23.1. The Hall–Kier alpha value is -4.00. The van der Waals surface area contributed by atoms with Crippen LogP contribution in [-0.2, 0) is 19.6 Å². The van der Waals surface area contributed by atoms with Crippen molar-refractivity contribution >= 4 is 43.5 Å². The summed E-state index contributed by atoms with van der Waals surface area (Å²) in [6, 6.07) is 29.3. The lowest BCUT2D eigenvalue weighted by Gasteiger charge is -2.59. The van der Waals surface area contributed by atoms with Crippen LogP contribution in [0.2, 0.25) is 0 Å². The Bertz CT molecular complexity index is 2260. The first-order valence-corrected chi connectivity index (χ1v) is 18.6. The molecule has 8 unspecified atom stereocenters. The average Bonchev–Trinajstić information content (AvgIpc) is 3.18. The van der Waals surface area contributed by atoms with Crippen LogP contribution in [0.5, 0.6) is 0 Å². The third kappa shape index (κ3) is 4.76. The minimum absolute atomic E-state index is 0.699. The third-order valence-electron chi connectivity index (χ3n) is 12.9. The van der Waals surface area contributed by atoms with Crippen LogP contribution in [0.15, 0.2) is 96.6 Å². The summed E-state index contributed by atoms with van der Waals surface area (Å²) in [6.45, 7) is 4.44. The normalized spacial score (nSPS) is 35.4. The van der Waals surface area contributed by atoms with E-state index in [2.05, 4.69) is 68.5 Å². The van der Waals surface area contributed by atoms with Gasteiger partial charge in [-0.2, -0.15) is 0 Å². The summed E-state index contributed by atoms with van der Waals surface area (Å²) in [7, 11) is 0. The molecule has 5 aliphatic rings. The number of fused-ring (bicyclic) bond motifs is 3. The lowest BCUT2D eigenvalue weighted by atomic mass is 9.60. The lowest BCUT2D eigenvalue weighted by Crippen LogP contribution is -2.74. The predicted octanol–water partition coefficient (Wildman–Crippen LogP) is 5.65. The van der Waals surface area contributed by atoms with Crippen LogP contribution in [0.4, 0.5) is 0 Å². The summed E-state index contributed by atoms with van der Waals surface area (Å²) in [5.41, 5.74) is 8.03. The van der Waals surface area contributed by atoms with Crippen LogP contribution < -0.4 is 0 Å². The van der Waals surface area contributed by atoms with Gasteiger partial charge in [0, 0.05) is 17.8 Å². The number of aliphatic hydroxyl groups excluding tert-OH is 5. The first-order valence-electron chi connectivity index (χ1n) is 18.6. The molecule has 5 aromatic carbocycles. The number of allylic oxidation sites excluding steroid dienone is 4. The summed E-state index contributed by atoms with van der Waals surface area (Å²) in [5.74, 6) is -2.31. The van der Waals surface area contributed by atoms with Crippen LogP contribution in [0.3, 0.4) is 0 Å². The highest BCUT2D eigenvalue weighted by Gasteiger charge is 2.67. The maximum atomic E-state index is 12.3. The van der Waals surface area contributed by atoms with Crippen molar-refractivity contribution in [3.05, 3.63) is 119 Å². The molecule has 4 fully saturated rings. The van der Waals surface area contributed by atoms with E-state index in [1.807, 2.05) is 36.4 Å². The van der Waals surface area contributed by atoms with Gasteiger partial charge in [-0.3, -0.25) is 0 Å². The summed E-state index contributed by atoms with van der Waals surface area (Å²) in [5, 5.41) is 63.0. The van der Waals surface area contributed by atoms with Crippen LogP contribution >= 0.6 is 0 Å². The Morgan fingerprint density at radius 2 is 1.02 bits per heavy atom. The average molecular weight is 715 g/mol. The molecule has 10 rings (SSSR count). The zero-order valence-electron chi connectivity index (χ0n) is 29.4. The van der Waals surface area contributed by atoms with Crippen molar-refractivity contribution in [1.29, 1.82) is 0 Å². The fraction of sp³-hybridized carbons (Fsp3) is 0.364. The maximum Gasteiger partial charge on any atom is 0.127 e. The molecule has 0 radical (unpaired) electrons. The van der Waals surface area contributed by atoms with E-state index >= 15 is 0 Å². The Morgan fingerprint density at radius 1 is 0.528 bits per heavy atom. The minimum atomic E-state index is -1.55. The number of aliphatic hydroxyl groups is 5. The number of rotatable bonds is 3. The predicted molar refractivity (Wildman–Crippen MR) is 199 cm³/mol. The fourth-order valence-corrected chi connectivity index (χ4v) is 10.4. The highest BCUT2D eigenvalue weighted by molar-refractivity contribution is 6.21. The smallest absolute Gasteiger partial charge is 0.127 e. The number of hydrogen-bond donors (Lipinski definition) is 5. The number of aryl methyl sites for hydroxylation is 1. The van der Waals surface area contributed by atoms with Gasteiger partial charge >= 0.3 is 0 Å². The Balaban J connectivity index is 1.15. The van der Waals surface area contributed by atoms with Crippen molar-refractivity contribution in [3.63, 3.8) is 0 Å². The quantitative estimate of drug-likeness (QED) is 0.119. The van der Waals surface area contributed by atoms with Gasteiger partial charge in [-0.15, -0.1) is 0 Å². The molecule has 53 heavy (non-hydrogen) atoms. The minimum Gasteiger partial charge on any atom is -0.390 e. The molecule has 9 nitrogen and oxygen atoms in total. The van der Waals surface area contributed by atoms with Gasteiger partial charge in [-0.1, -0.05) is 96.6 Å². The Morgan fingerprint density at radius 3 is 1.58 bits per heavy atom. The van der Waals surface area contributed by atoms with Crippen molar-refractivity contribution in [3.8, 4) is 0 Å². The van der Waals surface area contributed by atoms with Gasteiger partial charge in [0.2, 0.25) is 0 Å². The number of benzene rings is 5. The molecule has 5 N–H and O–H groups in total. The van der Waals surface area contributed by atoms with E-state index in [9.17, 15) is 25.5 Å². The van der Waals surface area contributed by atoms with E-state index in [4.69, 9.17) is 19.6 Å². The third-order valence-corrected chi connectivity index (χ3v) is 12.9. The molecule has 8 atom stereocenters. The van der Waals surface area contributed by atoms with Gasteiger partial charge < -0.3 is 25.5 Å². The van der Waals surface area contributed by atoms with Gasteiger partial charge in [0.25, 0.3) is 0 Å². The van der Waals surface area contributed by atoms with Gasteiger partial charge in [0.05, 0.1) is 12.2 Å². The lowest BCUT2D eigenvalue weighted by molar-refractivity contribution is -0.518. The molecular weight excluding hydrogens is 672 g/mol. The first kappa shape index (κ1) is 33.6. The summed E-state index contributed by atoms with van der Waals surface area (Å²) >= 11 is 0. The van der Waals surface area contributed by atoms with Gasteiger partial charge in [-0.25, -0.2) is 19.6 Å². The van der Waals surface area contributed by atoms with E-state index in [0.717, 1.165) is 51.1 Å². The monoisotopic (exact) mass is 714 g/mol. The second-order valence-corrected chi connectivity index (χ2v) is 15.5. The topological polar surface area (TPSA) is 138 Å². The van der Waals surface area contributed by atoms with Crippen molar-refractivity contribution in [2.45, 2.75) is 87.5 Å². The fourth-order valence-electron chi connectivity index (χ4n) is 10.4. The van der Waals surface area contributed by atoms with E-state index in [1.165, 1.54) is 33.0 Å². The van der Waals surface area contributed by atoms with Crippen LogP contribution in [0, 0.1) is 18.8 Å². The first-order chi connectivity index (χ1) is 25.8. The van der Waals surface area contributed by atoms with Gasteiger partial charge in [0.15, 0.2) is 0 Å². The van der Waals surface area contributed by atoms with Crippen LogP contribution in [-0.4, -0.2) is 80.5 Å². The molecule has 0 amide bonds. The molecule has 0 bridgehead atoms. The van der Waals surface area contributed by atoms with Crippen LogP contribution in [0.25, 0.3) is 43.5 Å². The molecule has 3 aliphatic carbocycles. The molecule has 0 spiro atoms. The molecule has 272 valence electrons. The highest BCUT2D eigenvalue weighted by atomic mass is 17.2. The van der Waals surface area contributed by atoms with Crippen molar-refractivity contribution in [2.24, 2.45) is 11.8 Å². The van der Waals surface area contributed by atoms with E-state index < -0.39 is 72.7 Å². The highest BCUT2D eigenvalue weighted by Crippen LogP contribution is 2.55. The van der Waals surface area contributed by atoms with Crippen molar-refractivity contribution in [2.75, 3.05) is 0 Å². The van der Waals surface area contributed by atoms with Crippen LogP contribution in [0.1, 0.15) is 47.9 Å². The van der Waals surface area contributed by atoms with Gasteiger partial charge in [-0.05, 0) is 92.4 Å².